The highest BCUT2D eigenvalue weighted by Crippen LogP contribution is 2.44. The van der Waals surface area contributed by atoms with Crippen molar-refractivity contribution in [2.24, 2.45) is 5.14 Å². The molecule has 0 saturated heterocycles. The molecule has 0 bridgehead atoms. The van der Waals surface area contributed by atoms with Crippen LogP contribution >= 0.6 is 11.3 Å². The Morgan fingerprint density at radius 2 is 1.92 bits per heavy atom. The number of nitrogens with one attached hydrogen (secondary N) is 1. The molecule has 0 unspecified atom stereocenters. The summed E-state index contributed by atoms with van der Waals surface area (Å²) in [6.45, 7) is 0. The van der Waals surface area contributed by atoms with Crippen LogP contribution in [0, 0.1) is 0 Å². The van der Waals surface area contributed by atoms with Crippen molar-refractivity contribution in [1.29, 1.82) is 0 Å². The summed E-state index contributed by atoms with van der Waals surface area (Å²) in [6, 6.07) is 6.80. The van der Waals surface area contributed by atoms with E-state index >= 15 is 0 Å². The highest BCUT2D eigenvalue weighted by atomic mass is 32.2. The lowest BCUT2D eigenvalue weighted by Crippen LogP contribution is -2.33. The normalized spacial score (nSPS) is 19.1. The second kappa shape index (κ2) is 6.88. The predicted molar refractivity (Wildman–Crippen MR) is 95.2 cm³/mol. The number of carbonyl (C=O) groups is 1. The zero-order chi connectivity index (χ0) is 19.1. The maximum Gasteiger partial charge on any atom is 0.265 e. The molecule has 10 heteroatoms. The molecule has 3 rings (SSSR count). The van der Waals surface area contributed by atoms with Gasteiger partial charge in [-0.1, -0.05) is 24.3 Å². The lowest BCUT2D eigenvalue weighted by molar-refractivity contribution is 0.0859. The van der Waals surface area contributed by atoms with Crippen LogP contribution in [0.1, 0.15) is 26.8 Å². The molecule has 1 aromatic carbocycles. The molecule has 1 aromatic heterocycles. The van der Waals surface area contributed by atoms with Gasteiger partial charge in [0.1, 0.15) is 4.88 Å². The maximum atomic E-state index is 12.8. The lowest BCUT2D eigenvalue weighted by Gasteiger charge is -2.17. The fourth-order valence-corrected chi connectivity index (χ4v) is 5.06. The van der Waals surface area contributed by atoms with Crippen molar-refractivity contribution < 1.29 is 27.8 Å². The van der Waals surface area contributed by atoms with Crippen molar-refractivity contribution in [1.82, 2.24) is 5.32 Å². The molecule has 8 nitrogen and oxygen atoms in total. The van der Waals surface area contributed by atoms with Gasteiger partial charge in [0.2, 0.25) is 0 Å². The third-order valence-corrected chi connectivity index (χ3v) is 6.75. The number of aliphatic hydroxyl groups is 1. The number of rotatable bonds is 5. The van der Waals surface area contributed by atoms with Gasteiger partial charge >= 0.3 is 0 Å². The monoisotopic (exact) mass is 398 g/mol. The first kappa shape index (κ1) is 18.6. The van der Waals surface area contributed by atoms with Crippen molar-refractivity contribution >= 4 is 27.3 Å². The highest BCUT2D eigenvalue weighted by molar-refractivity contribution is 7.91. The van der Waals surface area contributed by atoms with E-state index in [4.69, 9.17) is 14.6 Å². The zero-order valence-corrected chi connectivity index (χ0v) is 15.7. The molecular weight excluding hydrogens is 380 g/mol. The molecule has 0 spiro atoms. The van der Waals surface area contributed by atoms with Gasteiger partial charge in [0.25, 0.3) is 15.9 Å². The number of fused-ring (bicyclic) bond motifs is 1. The van der Waals surface area contributed by atoms with Gasteiger partial charge in [0.05, 0.1) is 26.4 Å². The topological polar surface area (TPSA) is 128 Å². The summed E-state index contributed by atoms with van der Waals surface area (Å²) >= 11 is 0.660. The number of amides is 1. The van der Waals surface area contributed by atoms with Crippen molar-refractivity contribution in [2.75, 3.05) is 14.2 Å². The lowest BCUT2D eigenvalue weighted by atomic mass is 10.1. The Hall–Kier alpha value is -2.14. The van der Waals surface area contributed by atoms with Crippen LogP contribution in [0.4, 0.5) is 0 Å². The van der Waals surface area contributed by atoms with Crippen molar-refractivity contribution in [3.05, 3.63) is 40.3 Å². The molecule has 26 heavy (non-hydrogen) atoms. The number of ether oxygens (including phenoxy) is 2. The molecule has 0 radical (unpaired) electrons. The van der Waals surface area contributed by atoms with Gasteiger partial charge in [-0.3, -0.25) is 4.79 Å². The van der Waals surface area contributed by atoms with E-state index < -0.39 is 28.1 Å². The number of hydrogen-bond acceptors (Lipinski definition) is 7. The van der Waals surface area contributed by atoms with Crippen LogP contribution in [-0.2, 0) is 16.4 Å². The average molecular weight is 398 g/mol. The number of primary sulfonamides is 1. The molecule has 1 aliphatic carbocycles. The van der Waals surface area contributed by atoms with Crippen LogP contribution in [0.25, 0.3) is 0 Å². The Bertz CT molecular complexity index is 954. The van der Waals surface area contributed by atoms with E-state index in [0.717, 1.165) is 11.1 Å². The molecule has 1 heterocycles. The number of carbonyl (C=O) groups excluding carboxylic acids is 1. The summed E-state index contributed by atoms with van der Waals surface area (Å²) in [5.74, 6) is -0.710. The number of methoxy groups -OCH3 is 2. The van der Waals surface area contributed by atoms with Gasteiger partial charge < -0.3 is 19.9 Å². The standard InChI is InChI=1S/C16H18N2O6S2/c1-23-12-13(24-2)16(26(17,21)22)25-14(12)15(20)18-11-9-6-4-3-5-8(9)7-10(11)19/h3-6,10-11,19H,7H2,1-2H3,(H,18,20)(H2,17,21,22)/t10-,11+/m0/s1. The number of benzene rings is 1. The number of nitrogens with two attached hydrogens (primary N) is 1. The minimum Gasteiger partial charge on any atom is -0.491 e. The number of thiophene rings is 1. The number of sulfonamides is 1. The Morgan fingerprint density at radius 1 is 1.27 bits per heavy atom. The summed E-state index contributed by atoms with van der Waals surface area (Å²) in [5, 5.41) is 18.2. The maximum absolute atomic E-state index is 12.8. The molecule has 1 aliphatic rings. The quantitative estimate of drug-likeness (QED) is 0.683. The molecule has 1 amide bonds. The highest BCUT2D eigenvalue weighted by Gasteiger charge is 2.35. The minimum absolute atomic E-state index is 0.00459. The first-order valence-electron chi connectivity index (χ1n) is 7.62. The molecule has 0 aliphatic heterocycles. The van der Waals surface area contributed by atoms with Gasteiger partial charge in [-0.05, 0) is 11.1 Å². The van der Waals surface area contributed by atoms with Crippen LogP contribution in [0.3, 0.4) is 0 Å². The fraction of sp³-hybridized carbons (Fsp3) is 0.312. The number of aliphatic hydroxyl groups excluding tert-OH is 1. The first-order chi connectivity index (χ1) is 12.3. The van der Waals surface area contributed by atoms with E-state index in [9.17, 15) is 18.3 Å². The van der Waals surface area contributed by atoms with Crippen molar-refractivity contribution in [3.63, 3.8) is 0 Å². The Balaban J connectivity index is 1.97. The van der Waals surface area contributed by atoms with E-state index in [0.29, 0.717) is 17.8 Å². The van der Waals surface area contributed by atoms with Crippen LogP contribution in [0.5, 0.6) is 11.5 Å². The third kappa shape index (κ3) is 3.16. The van der Waals surface area contributed by atoms with Gasteiger partial charge in [0, 0.05) is 6.42 Å². The second-order valence-corrected chi connectivity index (χ2v) is 8.53. The summed E-state index contributed by atoms with van der Waals surface area (Å²) < 4.78 is 33.5. The van der Waals surface area contributed by atoms with Crippen LogP contribution in [0.2, 0.25) is 0 Å². The Labute approximate surface area is 154 Å². The van der Waals surface area contributed by atoms with E-state index in [1.807, 2.05) is 24.3 Å². The molecular formula is C16H18N2O6S2. The van der Waals surface area contributed by atoms with Gasteiger partial charge in [-0.2, -0.15) is 0 Å². The predicted octanol–water partition coefficient (Wildman–Crippen LogP) is 0.801. The SMILES string of the molecule is COc1c(C(=O)N[C@@H]2c3ccccc3C[C@@H]2O)sc(S(N)(=O)=O)c1OC. The minimum atomic E-state index is -4.09. The summed E-state index contributed by atoms with van der Waals surface area (Å²) in [6.07, 6.45) is -0.351. The van der Waals surface area contributed by atoms with Crippen molar-refractivity contribution in [3.8, 4) is 11.5 Å². The second-order valence-electron chi connectivity index (χ2n) is 5.75. The van der Waals surface area contributed by atoms with E-state index in [-0.39, 0.29) is 20.6 Å². The molecule has 2 atom stereocenters. The largest absolute Gasteiger partial charge is 0.491 e. The van der Waals surface area contributed by atoms with Gasteiger partial charge in [-0.25, -0.2) is 13.6 Å². The van der Waals surface area contributed by atoms with Gasteiger partial charge in [-0.15, -0.1) is 11.3 Å². The van der Waals surface area contributed by atoms with E-state index in [1.54, 1.807) is 0 Å². The summed E-state index contributed by atoms with van der Waals surface area (Å²) in [7, 11) is -1.53. The first-order valence-corrected chi connectivity index (χ1v) is 9.98. The van der Waals surface area contributed by atoms with Crippen LogP contribution in [-0.4, -0.2) is 39.8 Å². The van der Waals surface area contributed by atoms with Crippen LogP contribution < -0.4 is 19.9 Å². The summed E-state index contributed by atoms with van der Waals surface area (Å²) in [5.41, 5.74) is 1.77. The molecule has 0 fully saturated rings. The number of hydrogen-bond donors (Lipinski definition) is 3. The molecule has 140 valence electrons. The van der Waals surface area contributed by atoms with Crippen molar-refractivity contribution in [2.45, 2.75) is 22.8 Å². The van der Waals surface area contributed by atoms with Crippen LogP contribution in [0.15, 0.2) is 28.5 Å². The van der Waals surface area contributed by atoms with E-state index in [1.165, 1.54) is 14.2 Å². The van der Waals surface area contributed by atoms with E-state index in [2.05, 4.69) is 5.32 Å². The Kier molecular flexibility index (Phi) is 4.93. The average Bonchev–Trinajstić information content (AvgIpc) is 3.12. The fourth-order valence-electron chi connectivity index (χ4n) is 3.03. The molecule has 4 N–H and O–H groups in total. The Morgan fingerprint density at radius 3 is 2.54 bits per heavy atom. The third-order valence-electron chi connectivity index (χ3n) is 4.16. The summed E-state index contributed by atoms with van der Waals surface area (Å²) in [4.78, 5) is 12.8. The molecule has 0 saturated carbocycles. The smallest absolute Gasteiger partial charge is 0.265 e. The van der Waals surface area contributed by atoms with Gasteiger partial charge in [0.15, 0.2) is 15.7 Å². The zero-order valence-electron chi connectivity index (χ0n) is 14.1. The molecule has 2 aromatic rings.